The van der Waals surface area contributed by atoms with Gasteiger partial charge in [-0.2, -0.15) is 0 Å². The number of anilines is 1. The summed E-state index contributed by atoms with van der Waals surface area (Å²) in [5, 5.41) is 3.40. The standard InChI is InChI=1S/C22H32N2O2S/c1-15(2)23-21-9-7-19(8-10-21)22-14-17(5)20(13-18(22)6)11-12-27(25,26)24-16(3)4/h7-10,13-16,23-24H,11-12H2,1-6H3. The van der Waals surface area contributed by atoms with Crippen LogP contribution in [0.1, 0.15) is 44.4 Å². The molecule has 0 radical (unpaired) electrons. The highest BCUT2D eigenvalue weighted by molar-refractivity contribution is 7.89. The van der Waals surface area contributed by atoms with Gasteiger partial charge in [-0.25, -0.2) is 13.1 Å². The third-order valence-electron chi connectivity index (χ3n) is 4.39. The second-order valence-corrected chi connectivity index (χ2v) is 9.68. The normalized spacial score (nSPS) is 12.0. The lowest BCUT2D eigenvalue weighted by Gasteiger charge is -2.15. The highest BCUT2D eigenvalue weighted by Gasteiger charge is 2.14. The Kier molecular flexibility index (Phi) is 7.06. The molecule has 27 heavy (non-hydrogen) atoms. The summed E-state index contributed by atoms with van der Waals surface area (Å²) in [5.41, 5.74) is 6.85. The van der Waals surface area contributed by atoms with E-state index < -0.39 is 10.0 Å². The van der Waals surface area contributed by atoms with Crippen molar-refractivity contribution in [2.75, 3.05) is 11.1 Å². The SMILES string of the molecule is Cc1cc(-c2ccc(NC(C)C)cc2)c(C)cc1CCS(=O)(=O)NC(C)C. The molecule has 0 unspecified atom stereocenters. The van der Waals surface area contributed by atoms with Crippen molar-refractivity contribution in [1.82, 2.24) is 4.72 Å². The van der Waals surface area contributed by atoms with Crippen LogP contribution in [0.25, 0.3) is 11.1 Å². The van der Waals surface area contributed by atoms with Crippen molar-refractivity contribution in [3.8, 4) is 11.1 Å². The zero-order chi connectivity index (χ0) is 20.2. The minimum absolute atomic E-state index is 0.0756. The Bertz CT molecular complexity index is 870. The molecule has 5 heteroatoms. The highest BCUT2D eigenvalue weighted by atomic mass is 32.2. The van der Waals surface area contributed by atoms with Crippen LogP contribution in [0.15, 0.2) is 36.4 Å². The molecule has 2 rings (SSSR count). The molecule has 0 aliphatic carbocycles. The first-order valence-corrected chi connectivity index (χ1v) is 11.2. The van der Waals surface area contributed by atoms with Crippen LogP contribution >= 0.6 is 0 Å². The first-order valence-electron chi connectivity index (χ1n) is 9.54. The molecule has 0 saturated heterocycles. The Morgan fingerprint density at radius 3 is 2.07 bits per heavy atom. The topological polar surface area (TPSA) is 58.2 Å². The number of benzene rings is 2. The van der Waals surface area contributed by atoms with E-state index in [2.05, 4.69) is 74.1 Å². The molecule has 0 aliphatic rings. The largest absolute Gasteiger partial charge is 0.383 e. The third kappa shape index (κ3) is 6.36. The van der Waals surface area contributed by atoms with Crippen LogP contribution in [-0.4, -0.2) is 26.3 Å². The maximum atomic E-state index is 12.1. The van der Waals surface area contributed by atoms with Gasteiger partial charge in [0.05, 0.1) is 5.75 Å². The van der Waals surface area contributed by atoms with Crippen LogP contribution in [0, 0.1) is 13.8 Å². The summed E-state index contributed by atoms with van der Waals surface area (Å²) < 4.78 is 26.8. The van der Waals surface area contributed by atoms with Crippen LogP contribution in [0.2, 0.25) is 0 Å². The summed E-state index contributed by atoms with van der Waals surface area (Å²) in [4.78, 5) is 0. The Labute approximate surface area is 164 Å². The third-order valence-corrected chi connectivity index (χ3v) is 5.96. The van der Waals surface area contributed by atoms with E-state index in [0.29, 0.717) is 12.5 Å². The van der Waals surface area contributed by atoms with Crippen LogP contribution in [-0.2, 0) is 16.4 Å². The number of rotatable bonds is 8. The van der Waals surface area contributed by atoms with E-state index in [-0.39, 0.29) is 11.8 Å². The highest BCUT2D eigenvalue weighted by Crippen LogP contribution is 2.28. The average Bonchev–Trinajstić information content (AvgIpc) is 2.54. The minimum Gasteiger partial charge on any atom is -0.383 e. The monoisotopic (exact) mass is 388 g/mol. The van der Waals surface area contributed by atoms with Gasteiger partial charge in [-0.1, -0.05) is 24.3 Å². The van der Waals surface area contributed by atoms with E-state index in [1.54, 1.807) is 0 Å². The molecule has 4 nitrogen and oxygen atoms in total. The quantitative estimate of drug-likeness (QED) is 0.691. The number of aryl methyl sites for hydroxylation is 3. The lowest BCUT2D eigenvalue weighted by molar-refractivity contribution is 0.569. The van der Waals surface area contributed by atoms with E-state index in [1.165, 1.54) is 11.1 Å². The van der Waals surface area contributed by atoms with Crippen molar-refractivity contribution in [3.63, 3.8) is 0 Å². The van der Waals surface area contributed by atoms with Gasteiger partial charge in [-0.05, 0) is 87.9 Å². The number of hydrogen-bond donors (Lipinski definition) is 2. The number of nitrogens with one attached hydrogen (secondary N) is 2. The summed E-state index contributed by atoms with van der Waals surface area (Å²) in [5.74, 6) is 0.111. The van der Waals surface area contributed by atoms with Gasteiger partial charge in [-0.15, -0.1) is 0 Å². The van der Waals surface area contributed by atoms with Crippen molar-refractivity contribution >= 4 is 15.7 Å². The van der Waals surface area contributed by atoms with E-state index in [1.807, 2.05) is 13.8 Å². The minimum atomic E-state index is -3.24. The molecule has 2 aromatic rings. The van der Waals surface area contributed by atoms with Crippen molar-refractivity contribution in [2.24, 2.45) is 0 Å². The molecular formula is C22H32N2O2S. The smallest absolute Gasteiger partial charge is 0.212 e. The Hall–Kier alpha value is -1.85. The molecule has 0 amide bonds. The fraction of sp³-hybridized carbons (Fsp3) is 0.455. The van der Waals surface area contributed by atoms with E-state index in [4.69, 9.17) is 0 Å². The van der Waals surface area contributed by atoms with Crippen LogP contribution in [0.4, 0.5) is 5.69 Å². The van der Waals surface area contributed by atoms with Gasteiger partial charge in [0, 0.05) is 17.8 Å². The average molecular weight is 389 g/mol. The predicted molar refractivity (Wildman–Crippen MR) is 116 cm³/mol. The molecule has 0 saturated carbocycles. The van der Waals surface area contributed by atoms with Crippen LogP contribution in [0.5, 0.6) is 0 Å². The van der Waals surface area contributed by atoms with Crippen molar-refractivity contribution in [2.45, 2.75) is 60.0 Å². The van der Waals surface area contributed by atoms with Gasteiger partial charge >= 0.3 is 0 Å². The first-order chi connectivity index (χ1) is 12.6. The lowest BCUT2D eigenvalue weighted by Crippen LogP contribution is -2.32. The summed E-state index contributed by atoms with van der Waals surface area (Å²) in [6.45, 7) is 12.1. The van der Waals surface area contributed by atoms with E-state index in [9.17, 15) is 8.42 Å². The lowest BCUT2D eigenvalue weighted by atomic mass is 9.94. The molecule has 2 N–H and O–H groups in total. The van der Waals surface area contributed by atoms with Crippen molar-refractivity contribution in [3.05, 3.63) is 53.1 Å². The van der Waals surface area contributed by atoms with Crippen molar-refractivity contribution < 1.29 is 8.42 Å². The predicted octanol–water partition coefficient (Wildman–Crippen LogP) is 4.66. The Balaban J connectivity index is 2.19. The van der Waals surface area contributed by atoms with Gasteiger partial charge in [0.2, 0.25) is 10.0 Å². The summed E-state index contributed by atoms with van der Waals surface area (Å²) >= 11 is 0. The molecule has 0 bridgehead atoms. The Morgan fingerprint density at radius 1 is 0.889 bits per heavy atom. The summed E-state index contributed by atoms with van der Waals surface area (Å²) in [6.07, 6.45) is 0.520. The van der Waals surface area contributed by atoms with Gasteiger partial charge in [0.15, 0.2) is 0 Å². The first kappa shape index (κ1) is 21.5. The van der Waals surface area contributed by atoms with E-state index in [0.717, 1.165) is 22.4 Å². The molecule has 0 aliphatic heterocycles. The molecule has 148 valence electrons. The molecule has 0 heterocycles. The maximum absolute atomic E-state index is 12.1. The fourth-order valence-electron chi connectivity index (χ4n) is 3.20. The van der Waals surface area contributed by atoms with Crippen LogP contribution in [0.3, 0.4) is 0 Å². The zero-order valence-electron chi connectivity index (χ0n) is 17.3. The summed E-state index contributed by atoms with van der Waals surface area (Å²) in [6, 6.07) is 13.1. The molecular weight excluding hydrogens is 356 g/mol. The second-order valence-electron chi connectivity index (χ2n) is 7.81. The molecule has 2 aromatic carbocycles. The zero-order valence-corrected chi connectivity index (χ0v) is 18.1. The van der Waals surface area contributed by atoms with Crippen molar-refractivity contribution in [1.29, 1.82) is 0 Å². The molecule has 0 fully saturated rings. The summed E-state index contributed by atoms with van der Waals surface area (Å²) in [7, 11) is -3.24. The number of hydrogen-bond acceptors (Lipinski definition) is 3. The molecule has 0 aromatic heterocycles. The fourth-order valence-corrected chi connectivity index (χ4v) is 4.52. The van der Waals surface area contributed by atoms with Gasteiger partial charge < -0.3 is 5.32 Å². The van der Waals surface area contributed by atoms with E-state index >= 15 is 0 Å². The second kappa shape index (κ2) is 8.89. The van der Waals surface area contributed by atoms with Gasteiger partial charge in [0.1, 0.15) is 0 Å². The van der Waals surface area contributed by atoms with Gasteiger partial charge in [-0.3, -0.25) is 0 Å². The Morgan fingerprint density at radius 2 is 1.52 bits per heavy atom. The molecule has 0 atom stereocenters. The maximum Gasteiger partial charge on any atom is 0.212 e. The van der Waals surface area contributed by atoms with Gasteiger partial charge in [0.25, 0.3) is 0 Å². The number of sulfonamides is 1. The van der Waals surface area contributed by atoms with Crippen LogP contribution < -0.4 is 10.0 Å². The molecule has 0 spiro atoms.